The van der Waals surface area contributed by atoms with Crippen LogP contribution in [0.3, 0.4) is 0 Å². The molecule has 2 aromatic rings. The zero-order chi connectivity index (χ0) is 24.2. The van der Waals surface area contributed by atoms with Gasteiger partial charge in [0.25, 0.3) is 0 Å². The van der Waals surface area contributed by atoms with Crippen LogP contribution in [0.4, 0.5) is 10.1 Å². The Bertz CT molecular complexity index is 927. The number of halogens is 1. The maximum atomic E-state index is 13.2. The lowest BCUT2D eigenvalue weighted by atomic mass is 10.1. The summed E-state index contributed by atoms with van der Waals surface area (Å²) in [5, 5.41) is 8.03. The van der Waals surface area contributed by atoms with Gasteiger partial charge in [0.15, 0.2) is 5.11 Å². The average Bonchev–Trinajstić information content (AvgIpc) is 2.86. The Morgan fingerprint density at radius 1 is 1.12 bits per heavy atom. The van der Waals surface area contributed by atoms with Gasteiger partial charge in [-0.25, -0.2) is 4.39 Å². The van der Waals surface area contributed by atoms with Crippen molar-refractivity contribution in [3.8, 4) is 5.75 Å². The number of nitrogens with zero attached hydrogens (tertiary/aromatic N) is 3. The summed E-state index contributed by atoms with van der Waals surface area (Å²) >= 11 is 5.36. The van der Waals surface area contributed by atoms with E-state index in [-0.39, 0.29) is 5.82 Å². The zero-order valence-corrected chi connectivity index (χ0v) is 21.0. The number of thiocarbonyl (C=S) groups is 1. The van der Waals surface area contributed by atoms with E-state index in [4.69, 9.17) is 17.0 Å². The molecule has 0 saturated carbocycles. The smallest absolute Gasteiger partial charge is 0.187 e. The second kappa shape index (κ2) is 13.9. The van der Waals surface area contributed by atoms with Gasteiger partial charge in [-0.2, -0.15) is 5.10 Å². The number of likely N-dealkylation sites (tertiary alicyclic amines) is 1. The number of hydrogen-bond acceptors (Lipinski definition) is 5. The largest absolute Gasteiger partial charge is 0.488 e. The molecule has 1 heterocycles. The van der Waals surface area contributed by atoms with Gasteiger partial charge in [0.2, 0.25) is 0 Å². The number of ether oxygens (including phenoxy) is 1. The molecule has 2 aromatic carbocycles. The Morgan fingerprint density at radius 3 is 2.56 bits per heavy atom. The molecule has 34 heavy (non-hydrogen) atoms. The summed E-state index contributed by atoms with van der Waals surface area (Å²) in [6.07, 6.45) is 5.62. The number of hydrogen-bond donors (Lipinski definition) is 2. The van der Waals surface area contributed by atoms with E-state index >= 15 is 0 Å². The van der Waals surface area contributed by atoms with Crippen LogP contribution >= 0.6 is 12.2 Å². The highest BCUT2D eigenvalue weighted by molar-refractivity contribution is 7.80. The van der Waals surface area contributed by atoms with Gasteiger partial charge in [0.05, 0.1) is 6.21 Å². The fraction of sp³-hybridized carbons (Fsp3) is 0.462. The third-order valence-corrected chi connectivity index (χ3v) is 6.20. The number of rotatable bonds is 11. The first-order chi connectivity index (χ1) is 16.6. The van der Waals surface area contributed by atoms with Crippen molar-refractivity contribution >= 4 is 29.2 Å². The van der Waals surface area contributed by atoms with Gasteiger partial charge >= 0.3 is 0 Å². The molecular weight excluding hydrogens is 449 g/mol. The lowest BCUT2D eigenvalue weighted by Crippen LogP contribution is -2.40. The Balaban J connectivity index is 1.59. The predicted octanol–water partition coefficient (Wildman–Crippen LogP) is 4.53. The molecule has 1 aliphatic rings. The van der Waals surface area contributed by atoms with Crippen molar-refractivity contribution in [2.45, 2.75) is 39.7 Å². The molecule has 0 aromatic heterocycles. The summed E-state index contributed by atoms with van der Waals surface area (Å²) in [6, 6.07) is 12.4. The molecule has 2 N–H and O–H groups in total. The molecule has 0 aliphatic carbocycles. The molecule has 0 unspecified atom stereocenters. The lowest BCUT2D eigenvalue weighted by molar-refractivity contribution is 0.232. The van der Waals surface area contributed by atoms with Crippen molar-refractivity contribution in [1.82, 2.24) is 15.6 Å². The van der Waals surface area contributed by atoms with Gasteiger partial charge in [-0.05, 0) is 81.8 Å². The molecular formula is C26H36FN5OS. The Hall–Kier alpha value is -2.71. The van der Waals surface area contributed by atoms with E-state index in [1.807, 2.05) is 12.1 Å². The molecule has 0 bridgehead atoms. The van der Waals surface area contributed by atoms with Crippen molar-refractivity contribution in [2.24, 2.45) is 5.10 Å². The fourth-order valence-electron chi connectivity index (χ4n) is 3.99. The Kier molecular flexibility index (Phi) is 10.6. The minimum atomic E-state index is -0.258. The second-order valence-electron chi connectivity index (χ2n) is 8.34. The topological polar surface area (TPSA) is 52.1 Å². The molecule has 1 aliphatic heterocycles. The SMILES string of the molecule is CCN(CC)c1ccc(C=NNC(=S)NCCN2CCCCC2)c(OCc2ccc(F)cc2)c1. The molecule has 0 amide bonds. The zero-order valence-electron chi connectivity index (χ0n) is 20.2. The summed E-state index contributed by atoms with van der Waals surface area (Å²) in [7, 11) is 0. The molecule has 0 atom stereocenters. The molecule has 184 valence electrons. The van der Waals surface area contributed by atoms with E-state index in [0.717, 1.165) is 43.0 Å². The van der Waals surface area contributed by atoms with Gasteiger partial charge in [0.1, 0.15) is 18.2 Å². The van der Waals surface area contributed by atoms with E-state index in [1.54, 1.807) is 18.3 Å². The van der Waals surface area contributed by atoms with Crippen molar-refractivity contribution in [3.05, 3.63) is 59.4 Å². The highest BCUT2D eigenvalue weighted by atomic mass is 32.1. The first-order valence-corrected chi connectivity index (χ1v) is 12.6. The van der Waals surface area contributed by atoms with Crippen LogP contribution in [0.1, 0.15) is 44.2 Å². The molecule has 1 fully saturated rings. The Labute approximate surface area is 208 Å². The van der Waals surface area contributed by atoms with Crippen LogP contribution in [0.2, 0.25) is 0 Å². The highest BCUT2D eigenvalue weighted by Gasteiger charge is 2.10. The summed E-state index contributed by atoms with van der Waals surface area (Å²) < 4.78 is 19.3. The van der Waals surface area contributed by atoms with Gasteiger partial charge in [-0.15, -0.1) is 0 Å². The van der Waals surface area contributed by atoms with E-state index in [1.165, 1.54) is 44.5 Å². The second-order valence-corrected chi connectivity index (χ2v) is 8.75. The van der Waals surface area contributed by atoms with Crippen LogP contribution in [-0.2, 0) is 6.61 Å². The maximum absolute atomic E-state index is 13.2. The number of hydrazone groups is 1. The van der Waals surface area contributed by atoms with E-state index in [0.29, 0.717) is 17.5 Å². The van der Waals surface area contributed by atoms with Crippen LogP contribution < -0.4 is 20.4 Å². The number of nitrogens with one attached hydrogen (secondary N) is 2. The minimum absolute atomic E-state index is 0.258. The summed E-state index contributed by atoms with van der Waals surface area (Å²) in [4.78, 5) is 4.72. The van der Waals surface area contributed by atoms with Crippen molar-refractivity contribution < 1.29 is 9.13 Å². The standard InChI is InChI=1S/C26H36FN5OS/c1-3-32(4-2)24-13-10-22(25(18-24)33-20-21-8-11-23(27)12-9-21)19-29-30-26(34)28-14-17-31-15-6-5-7-16-31/h8-13,18-19H,3-7,14-17,20H2,1-2H3,(H2,28,30,34). The number of benzene rings is 2. The third kappa shape index (κ3) is 8.25. The lowest BCUT2D eigenvalue weighted by Gasteiger charge is -2.26. The molecule has 8 heteroatoms. The van der Waals surface area contributed by atoms with Crippen LogP contribution in [0.5, 0.6) is 5.75 Å². The van der Waals surface area contributed by atoms with Gasteiger partial charge in [-0.1, -0.05) is 18.6 Å². The normalized spacial score (nSPS) is 14.2. The van der Waals surface area contributed by atoms with Crippen molar-refractivity contribution in [3.63, 3.8) is 0 Å². The third-order valence-electron chi connectivity index (χ3n) is 5.97. The summed E-state index contributed by atoms with van der Waals surface area (Å²) in [5.74, 6) is 0.454. The Morgan fingerprint density at radius 2 is 1.85 bits per heavy atom. The molecule has 1 saturated heterocycles. The average molecular weight is 486 g/mol. The van der Waals surface area contributed by atoms with Gasteiger partial charge < -0.3 is 19.9 Å². The highest BCUT2D eigenvalue weighted by Crippen LogP contribution is 2.26. The minimum Gasteiger partial charge on any atom is -0.488 e. The fourth-order valence-corrected chi connectivity index (χ4v) is 4.15. The molecule has 0 radical (unpaired) electrons. The molecule has 0 spiro atoms. The van der Waals surface area contributed by atoms with Crippen molar-refractivity contribution in [1.29, 1.82) is 0 Å². The first kappa shape index (κ1) is 25.9. The first-order valence-electron chi connectivity index (χ1n) is 12.1. The summed E-state index contributed by atoms with van der Waals surface area (Å²) in [5.41, 5.74) is 5.71. The predicted molar refractivity (Wildman–Crippen MR) is 142 cm³/mol. The number of piperidine rings is 1. The van der Waals surface area contributed by atoms with E-state index < -0.39 is 0 Å². The molecule has 3 rings (SSSR count). The monoisotopic (exact) mass is 485 g/mol. The van der Waals surface area contributed by atoms with Gasteiger partial charge in [-0.3, -0.25) is 5.43 Å². The van der Waals surface area contributed by atoms with Crippen molar-refractivity contribution in [2.75, 3.05) is 44.2 Å². The van der Waals surface area contributed by atoms with Crippen LogP contribution in [-0.4, -0.2) is 55.5 Å². The quantitative estimate of drug-likeness (QED) is 0.277. The molecule has 6 nitrogen and oxygen atoms in total. The van der Waals surface area contributed by atoms with Crippen LogP contribution in [0, 0.1) is 5.82 Å². The van der Waals surface area contributed by atoms with Gasteiger partial charge in [0, 0.05) is 43.5 Å². The maximum Gasteiger partial charge on any atom is 0.187 e. The van der Waals surface area contributed by atoms with Crippen LogP contribution in [0.25, 0.3) is 0 Å². The van der Waals surface area contributed by atoms with E-state index in [9.17, 15) is 4.39 Å². The summed E-state index contributed by atoms with van der Waals surface area (Å²) in [6.45, 7) is 10.5. The van der Waals surface area contributed by atoms with E-state index in [2.05, 4.69) is 45.6 Å². The van der Waals surface area contributed by atoms with Crippen LogP contribution in [0.15, 0.2) is 47.6 Å². The number of anilines is 1.